The topological polar surface area (TPSA) is 102 Å². The highest BCUT2D eigenvalue weighted by atomic mass is 32.2. The van der Waals surface area contributed by atoms with Crippen LogP contribution in [0.25, 0.3) is 0 Å². The lowest BCUT2D eigenvalue weighted by Crippen LogP contribution is -2.28. The van der Waals surface area contributed by atoms with Gasteiger partial charge in [0, 0.05) is 24.1 Å². The molecule has 0 bridgehead atoms. The highest BCUT2D eigenvalue weighted by molar-refractivity contribution is 7.89. The molecule has 0 spiro atoms. The third-order valence-electron chi connectivity index (χ3n) is 3.50. The lowest BCUT2D eigenvalue weighted by atomic mass is 10.1. The molecule has 0 heterocycles. The highest BCUT2D eigenvalue weighted by Gasteiger charge is 2.09. The minimum Gasteiger partial charge on any atom is -0.484 e. The zero-order valence-electron chi connectivity index (χ0n) is 15.2. The molecule has 2 aromatic carbocycles. The molecule has 0 aliphatic heterocycles. The summed E-state index contributed by atoms with van der Waals surface area (Å²) < 4.78 is 27.9. The van der Waals surface area contributed by atoms with Gasteiger partial charge in [-0.15, -0.1) is 0 Å². The molecule has 2 N–H and O–H groups in total. The van der Waals surface area contributed by atoms with Crippen molar-refractivity contribution in [2.75, 3.05) is 24.7 Å². The summed E-state index contributed by atoms with van der Waals surface area (Å²) in [6.45, 7) is 2.30. The maximum Gasteiger partial charge on any atom is 0.257 e. The smallest absolute Gasteiger partial charge is 0.257 e. The van der Waals surface area contributed by atoms with Gasteiger partial charge in [0.2, 0.25) is 0 Å². The molecule has 0 radical (unpaired) electrons. The van der Waals surface area contributed by atoms with Crippen LogP contribution >= 0.6 is 0 Å². The van der Waals surface area contributed by atoms with Crippen molar-refractivity contribution in [3.63, 3.8) is 0 Å². The van der Waals surface area contributed by atoms with E-state index in [4.69, 9.17) is 4.74 Å². The van der Waals surface area contributed by atoms with Crippen LogP contribution in [0.5, 0.6) is 5.75 Å². The number of sulfone groups is 1. The Morgan fingerprint density at radius 1 is 1.00 bits per heavy atom. The van der Waals surface area contributed by atoms with Crippen molar-refractivity contribution in [3.05, 3.63) is 59.7 Å². The molecular weight excluding hydrogens is 368 g/mol. The van der Waals surface area contributed by atoms with E-state index in [0.717, 1.165) is 6.26 Å². The van der Waals surface area contributed by atoms with Crippen LogP contribution in [0.4, 0.5) is 5.69 Å². The second-order valence-electron chi connectivity index (χ2n) is 5.99. The van der Waals surface area contributed by atoms with E-state index in [-0.39, 0.29) is 24.2 Å². The lowest BCUT2D eigenvalue weighted by Gasteiger charge is -2.09. The summed E-state index contributed by atoms with van der Waals surface area (Å²) in [7, 11) is -3.11. The Hall–Kier alpha value is -2.87. The van der Waals surface area contributed by atoms with Crippen LogP contribution in [0.2, 0.25) is 0 Å². The van der Waals surface area contributed by atoms with Crippen LogP contribution in [-0.4, -0.2) is 39.6 Å². The monoisotopic (exact) mass is 390 g/mol. The number of amides is 2. The summed E-state index contributed by atoms with van der Waals surface area (Å²) in [6.07, 6.45) is 1.16. The van der Waals surface area contributed by atoms with Crippen LogP contribution < -0.4 is 15.4 Å². The van der Waals surface area contributed by atoms with Crippen LogP contribution in [0.1, 0.15) is 22.8 Å². The zero-order chi connectivity index (χ0) is 19.9. The van der Waals surface area contributed by atoms with Crippen molar-refractivity contribution in [1.82, 2.24) is 5.32 Å². The van der Waals surface area contributed by atoms with Crippen molar-refractivity contribution >= 4 is 27.3 Å². The molecule has 0 unspecified atom stereocenters. The first-order valence-electron chi connectivity index (χ1n) is 8.34. The lowest BCUT2D eigenvalue weighted by molar-refractivity contribution is -0.122. The van der Waals surface area contributed by atoms with Gasteiger partial charge in [-0.2, -0.15) is 0 Å². The number of hydrogen-bond donors (Lipinski definition) is 2. The first kappa shape index (κ1) is 20.4. The van der Waals surface area contributed by atoms with Gasteiger partial charge in [0.15, 0.2) is 16.4 Å². The van der Waals surface area contributed by atoms with Crippen molar-refractivity contribution in [2.24, 2.45) is 0 Å². The van der Waals surface area contributed by atoms with Gasteiger partial charge in [-0.1, -0.05) is 12.1 Å². The molecule has 0 fully saturated rings. The number of benzene rings is 2. The molecule has 0 atom stereocenters. The van der Waals surface area contributed by atoms with E-state index in [1.807, 2.05) is 6.92 Å². The maximum atomic E-state index is 12.3. The van der Waals surface area contributed by atoms with Gasteiger partial charge in [-0.3, -0.25) is 9.59 Å². The Bertz CT molecular complexity index is 891. The van der Waals surface area contributed by atoms with Gasteiger partial charge >= 0.3 is 0 Å². The number of carbonyl (C=O) groups excluding carboxylic acids is 2. The molecule has 0 aliphatic carbocycles. The molecule has 0 saturated heterocycles. The van der Waals surface area contributed by atoms with Crippen molar-refractivity contribution in [1.29, 1.82) is 0 Å². The molecular formula is C19H22N2O5S. The van der Waals surface area contributed by atoms with Crippen molar-refractivity contribution in [3.8, 4) is 5.75 Å². The Morgan fingerprint density at radius 2 is 1.63 bits per heavy atom. The predicted molar refractivity (Wildman–Crippen MR) is 104 cm³/mol. The standard InChI is InChI=1S/C19H22N2O5S/c1-3-20-18(22)12-26-17-10-8-16(9-11-17)21-19(23)15-6-4-14(5-7-15)13-27(2,24)25/h4-11H,3,12-13H2,1-2H3,(H,20,22)(H,21,23). The zero-order valence-corrected chi connectivity index (χ0v) is 16.0. The summed E-state index contributed by atoms with van der Waals surface area (Å²) in [5.41, 5.74) is 1.62. The molecule has 0 saturated carbocycles. The van der Waals surface area contributed by atoms with Crippen LogP contribution in [0, 0.1) is 0 Å². The molecule has 2 aromatic rings. The number of anilines is 1. The number of hydrogen-bond acceptors (Lipinski definition) is 5. The SMILES string of the molecule is CCNC(=O)COc1ccc(NC(=O)c2ccc(CS(C)(=O)=O)cc2)cc1. The molecule has 144 valence electrons. The second kappa shape index (κ2) is 9.18. The first-order valence-corrected chi connectivity index (χ1v) is 10.4. The summed E-state index contributed by atoms with van der Waals surface area (Å²) in [6, 6.07) is 13.1. The quantitative estimate of drug-likeness (QED) is 0.718. The molecule has 7 nitrogen and oxygen atoms in total. The Balaban J connectivity index is 1.92. The summed E-state index contributed by atoms with van der Waals surface area (Å²) in [5.74, 6) is -0.0532. The van der Waals surface area contributed by atoms with Gasteiger partial charge in [-0.25, -0.2) is 8.42 Å². The third kappa shape index (κ3) is 7.10. The Labute approximate surface area is 158 Å². The number of nitrogens with one attached hydrogen (secondary N) is 2. The number of ether oxygens (including phenoxy) is 1. The van der Waals surface area contributed by atoms with Crippen LogP contribution in [-0.2, 0) is 20.4 Å². The van der Waals surface area contributed by atoms with E-state index >= 15 is 0 Å². The number of rotatable bonds is 8. The molecule has 2 rings (SSSR count). The molecule has 2 amide bonds. The molecule has 27 heavy (non-hydrogen) atoms. The molecule has 0 aromatic heterocycles. The van der Waals surface area contributed by atoms with Crippen LogP contribution in [0.15, 0.2) is 48.5 Å². The van der Waals surface area contributed by atoms with E-state index in [9.17, 15) is 18.0 Å². The van der Waals surface area contributed by atoms with Crippen LogP contribution in [0.3, 0.4) is 0 Å². The van der Waals surface area contributed by atoms with E-state index < -0.39 is 9.84 Å². The van der Waals surface area contributed by atoms with Gasteiger partial charge in [0.05, 0.1) is 5.75 Å². The highest BCUT2D eigenvalue weighted by Crippen LogP contribution is 2.17. The fourth-order valence-electron chi connectivity index (χ4n) is 2.29. The average molecular weight is 390 g/mol. The van der Waals surface area contributed by atoms with E-state index in [1.165, 1.54) is 0 Å². The minimum absolute atomic E-state index is 0.0629. The fourth-order valence-corrected chi connectivity index (χ4v) is 3.09. The predicted octanol–water partition coefficient (Wildman–Crippen LogP) is 2.00. The van der Waals surface area contributed by atoms with Crippen molar-refractivity contribution < 1.29 is 22.7 Å². The Kier molecular flexibility index (Phi) is 6.95. The van der Waals surface area contributed by atoms with Gasteiger partial charge in [0.25, 0.3) is 11.8 Å². The van der Waals surface area contributed by atoms with E-state index in [0.29, 0.717) is 29.1 Å². The molecule has 0 aliphatic rings. The normalized spacial score (nSPS) is 10.9. The largest absolute Gasteiger partial charge is 0.484 e. The van der Waals surface area contributed by atoms with E-state index in [2.05, 4.69) is 10.6 Å². The van der Waals surface area contributed by atoms with Gasteiger partial charge < -0.3 is 15.4 Å². The minimum atomic E-state index is -3.11. The average Bonchev–Trinajstić information content (AvgIpc) is 2.60. The number of likely N-dealkylation sites (N-methyl/N-ethyl adjacent to an activating group) is 1. The second-order valence-corrected chi connectivity index (χ2v) is 8.13. The first-order chi connectivity index (χ1) is 12.8. The number of carbonyl (C=O) groups is 2. The third-order valence-corrected chi connectivity index (χ3v) is 4.36. The Morgan fingerprint density at radius 3 is 2.19 bits per heavy atom. The van der Waals surface area contributed by atoms with Crippen molar-refractivity contribution in [2.45, 2.75) is 12.7 Å². The van der Waals surface area contributed by atoms with Gasteiger partial charge in [0.1, 0.15) is 5.75 Å². The summed E-state index contributed by atoms with van der Waals surface area (Å²) in [4.78, 5) is 23.6. The summed E-state index contributed by atoms with van der Waals surface area (Å²) in [5, 5.41) is 5.38. The molecule has 8 heteroatoms. The summed E-state index contributed by atoms with van der Waals surface area (Å²) >= 11 is 0. The maximum absolute atomic E-state index is 12.3. The van der Waals surface area contributed by atoms with E-state index in [1.54, 1.807) is 48.5 Å². The fraction of sp³-hybridized carbons (Fsp3) is 0.263. The van der Waals surface area contributed by atoms with Gasteiger partial charge in [-0.05, 0) is 48.9 Å².